The molecule has 1 unspecified atom stereocenters. The van der Waals surface area contributed by atoms with Crippen LogP contribution in [0.3, 0.4) is 0 Å². The van der Waals surface area contributed by atoms with Gasteiger partial charge in [-0.25, -0.2) is 0 Å². The Labute approximate surface area is 125 Å². The summed E-state index contributed by atoms with van der Waals surface area (Å²) in [6.45, 7) is 3.39. The summed E-state index contributed by atoms with van der Waals surface area (Å²) in [4.78, 5) is 13.3. The Morgan fingerprint density at radius 1 is 1.57 bits per heavy atom. The maximum Gasteiger partial charge on any atom is 0.240 e. The molecule has 5 nitrogen and oxygen atoms in total. The number of nitrogens with zero attached hydrogens (tertiary/aromatic N) is 2. The van der Waals surface area contributed by atoms with Crippen molar-refractivity contribution in [1.82, 2.24) is 5.32 Å². The van der Waals surface area contributed by atoms with E-state index in [0.717, 1.165) is 37.1 Å². The third-order valence-electron chi connectivity index (χ3n) is 3.60. The molecule has 1 amide bonds. The Hall–Kier alpha value is -2.06. The van der Waals surface area contributed by atoms with Crippen LogP contribution in [0.1, 0.15) is 25.3 Å². The normalized spacial score (nSPS) is 17.2. The van der Waals surface area contributed by atoms with E-state index < -0.39 is 0 Å². The van der Waals surface area contributed by atoms with Gasteiger partial charge in [0.1, 0.15) is 6.54 Å². The maximum absolute atomic E-state index is 11.9. The number of amides is 1. The number of nitriles is 1. The molecule has 1 heterocycles. The number of benzene rings is 1. The minimum atomic E-state index is -0.158. The SMILES string of the molecule is CCc1cccc(N(C#N)CC(=O)NCC2CCCO2)c1. The van der Waals surface area contributed by atoms with Gasteiger partial charge in [-0.05, 0) is 37.0 Å². The van der Waals surface area contributed by atoms with Crippen LogP contribution in [0.25, 0.3) is 0 Å². The summed E-state index contributed by atoms with van der Waals surface area (Å²) in [6, 6.07) is 7.70. The molecule has 0 aliphatic carbocycles. The lowest BCUT2D eigenvalue weighted by Gasteiger charge is -2.17. The fourth-order valence-corrected chi connectivity index (χ4v) is 2.36. The van der Waals surface area contributed by atoms with E-state index in [2.05, 4.69) is 18.4 Å². The van der Waals surface area contributed by atoms with Crippen molar-refractivity contribution in [2.45, 2.75) is 32.3 Å². The molecule has 5 heteroatoms. The van der Waals surface area contributed by atoms with Gasteiger partial charge in [-0.15, -0.1) is 0 Å². The molecule has 2 rings (SSSR count). The molecular weight excluding hydrogens is 266 g/mol. The Balaban J connectivity index is 1.88. The Morgan fingerprint density at radius 3 is 3.10 bits per heavy atom. The van der Waals surface area contributed by atoms with E-state index in [9.17, 15) is 10.1 Å². The second-order valence-corrected chi connectivity index (χ2v) is 5.15. The summed E-state index contributed by atoms with van der Waals surface area (Å²) in [5, 5.41) is 12.1. The second kappa shape index (κ2) is 7.65. The van der Waals surface area contributed by atoms with Crippen LogP contribution in [-0.4, -0.2) is 31.7 Å². The van der Waals surface area contributed by atoms with Crippen LogP contribution in [0, 0.1) is 11.5 Å². The third-order valence-corrected chi connectivity index (χ3v) is 3.60. The van der Waals surface area contributed by atoms with Crippen molar-refractivity contribution in [3.05, 3.63) is 29.8 Å². The average molecular weight is 287 g/mol. The molecule has 1 aliphatic rings. The number of ether oxygens (including phenoxy) is 1. The Morgan fingerprint density at radius 2 is 2.43 bits per heavy atom. The van der Waals surface area contributed by atoms with E-state index in [1.807, 2.05) is 24.3 Å². The Bertz CT molecular complexity index is 518. The van der Waals surface area contributed by atoms with Crippen molar-refractivity contribution in [3.63, 3.8) is 0 Å². The molecule has 0 aromatic heterocycles. The number of aryl methyl sites for hydroxylation is 1. The molecular formula is C16H21N3O2. The predicted molar refractivity (Wildman–Crippen MR) is 80.8 cm³/mol. The van der Waals surface area contributed by atoms with E-state index in [0.29, 0.717) is 6.54 Å². The highest BCUT2D eigenvalue weighted by Crippen LogP contribution is 2.16. The minimum absolute atomic E-state index is 0.0381. The van der Waals surface area contributed by atoms with Gasteiger partial charge in [0.15, 0.2) is 6.19 Å². The van der Waals surface area contributed by atoms with Crippen LogP contribution in [0.2, 0.25) is 0 Å². The van der Waals surface area contributed by atoms with E-state index in [1.165, 1.54) is 4.90 Å². The van der Waals surface area contributed by atoms with E-state index >= 15 is 0 Å². The number of rotatable bonds is 6. The fraction of sp³-hybridized carbons (Fsp3) is 0.500. The van der Waals surface area contributed by atoms with Crippen LogP contribution in [0.5, 0.6) is 0 Å². The molecule has 1 fully saturated rings. The summed E-state index contributed by atoms with van der Waals surface area (Å²) < 4.78 is 5.46. The van der Waals surface area contributed by atoms with Gasteiger partial charge in [0.25, 0.3) is 0 Å². The second-order valence-electron chi connectivity index (χ2n) is 5.15. The van der Waals surface area contributed by atoms with Gasteiger partial charge in [-0.3, -0.25) is 9.69 Å². The largest absolute Gasteiger partial charge is 0.376 e. The first-order chi connectivity index (χ1) is 10.2. The van der Waals surface area contributed by atoms with E-state index in [4.69, 9.17) is 4.74 Å². The number of nitrogens with one attached hydrogen (secondary N) is 1. The molecule has 0 radical (unpaired) electrons. The van der Waals surface area contributed by atoms with Gasteiger partial charge in [-0.2, -0.15) is 5.26 Å². The third kappa shape index (κ3) is 4.47. The Kier molecular flexibility index (Phi) is 5.59. The van der Waals surface area contributed by atoms with Crippen molar-refractivity contribution >= 4 is 11.6 Å². The summed E-state index contributed by atoms with van der Waals surface area (Å²) >= 11 is 0. The molecule has 0 saturated carbocycles. The lowest BCUT2D eigenvalue weighted by Crippen LogP contribution is -2.38. The van der Waals surface area contributed by atoms with Crippen LogP contribution in [0.15, 0.2) is 24.3 Å². The minimum Gasteiger partial charge on any atom is -0.376 e. The van der Waals surface area contributed by atoms with Gasteiger partial charge >= 0.3 is 0 Å². The first kappa shape index (κ1) is 15.3. The van der Waals surface area contributed by atoms with Crippen molar-refractivity contribution in [2.24, 2.45) is 0 Å². The van der Waals surface area contributed by atoms with Gasteiger partial charge in [0.2, 0.25) is 5.91 Å². The molecule has 21 heavy (non-hydrogen) atoms. The van der Waals surface area contributed by atoms with Crippen molar-refractivity contribution in [2.75, 3.05) is 24.6 Å². The molecule has 0 spiro atoms. The highest BCUT2D eigenvalue weighted by molar-refractivity contribution is 5.82. The maximum atomic E-state index is 11.9. The van der Waals surface area contributed by atoms with E-state index in [-0.39, 0.29) is 18.6 Å². The quantitative estimate of drug-likeness (QED) is 0.640. The molecule has 1 atom stereocenters. The molecule has 1 aromatic rings. The first-order valence-electron chi connectivity index (χ1n) is 7.37. The predicted octanol–water partition coefficient (Wildman–Crippen LogP) is 1.83. The van der Waals surface area contributed by atoms with E-state index in [1.54, 1.807) is 0 Å². The molecule has 0 bridgehead atoms. The summed E-state index contributed by atoms with van der Waals surface area (Å²) in [5.41, 5.74) is 1.90. The first-order valence-corrected chi connectivity index (χ1v) is 7.37. The van der Waals surface area contributed by atoms with Crippen LogP contribution < -0.4 is 10.2 Å². The van der Waals surface area contributed by atoms with Gasteiger partial charge in [0, 0.05) is 13.2 Å². The summed E-state index contributed by atoms with van der Waals surface area (Å²) in [7, 11) is 0. The molecule has 1 aromatic carbocycles. The molecule has 1 aliphatic heterocycles. The highest BCUT2D eigenvalue weighted by atomic mass is 16.5. The van der Waals surface area contributed by atoms with Crippen molar-refractivity contribution in [3.8, 4) is 6.19 Å². The zero-order valence-corrected chi connectivity index (χ0v) is 12.3. The van der Waals surface area contributed by atoms with Gasteiger partial charge < -0.3 is 10.1 Å². The lowest BCUT2D eigenvalue weighted by atomic mass is 10.1. The molecule has 1 N–H and O–H groups in total. The van der Waals surface area contributed by atoms with Crippen LogP contribution >= 0.6 is 0 Å². The highest BCUT2D eigenvalue weighted by Gasteiger charge is 2.17. The summed E-state index contributed by atoms with van der Waals surface area (Å²) in [5.74, 6) is -0.158. The topological polar surface area (TPSA) is 65.4 Å². The zero-order chi connectivity index (χ0) is 15.1. The van der Waals surface area contributed by atoms with Crippen LogP contribution in [0.4, 0.5) is 5.69 Å². The average Bonchev–Trinajstić information content (AvgIpc) is 3.04. The number of carbonyl (C=O) groups is 1. The smallest absolute Gasteiger partial charge is 0.240 e. The number of carbonyl (C=O) groups excluding carboxylic acids is 1. The standard InChI is InChI=1S/C16H21N3O2/c1-2-13-5-3-6-14(9-13)19(12-17)11-16(20)18-10-15-7-4-8-21-15/h3,5-6,9,15H,2,4,7-8,10-11H2,1H3,(H,18,20). The van der Waals surface area contributed by atoms with Crippen molar-refractivity contribution in [1.29, 1.82) is 5.26 Å². The fourth-order valence-electron chi connectivity index (χ4n) is 2.36. The number of hydrogen-bond donors (Lipinski definition) is 1. The zero-order valence-electron chi connectivity index (χ0n) is 12.3. The molecule has 1 saturated heterocycles. The van der Waals surface area contributed by atoms with Gasteiger partial charge in [-0.1, -0.05) is 19.1 Å². The summed E-state index contributed by atoms with van der Waals surface area (Å²) in [6.07, 6.45) is 5.13. The van der Waals surface area contributed by atoms with Crippen LogP contribution in [-0.2, 0) is 16.0 Å². The lowest BCUT2D eigenvalue weighted by molar-refractivity contribution is -0.120. The van der Waals surface area contributed by atoms with Gasteiger partial charge in [0.05, 0.1) is 11.8 Å². The monoisotopic (exact) mass is 287 g/mol. The molecule has 112 valence electrons. The number of hydrogen-bond acceptors (Lipinski definition) is 4. The number of anilines is 1. The van der Waals surface area contributed by atoms with Crippen molar-refractivity contribution < 1.29 is 9.53 Å².